The molecular weight excluding hydrogens is 365 g/mol. The van der Waals surface area contributed by atoms with Gasteiger partial charge in [-0.05, 0) is 59.8 Å². The van der Waals surface area contributed by atoms with E-state index in [4.69, 9.17) is 20.8 Å². The van der Waals surface area contributed by atoms with E-state index in [9.17, 15) is 0 Å². The summed E-state index contributed by atoms with van der Waals surface area (Å²) in [6.07, 6.45) is 0. The van der Waals surface area contributed by atoms with Crippen LogP contribution in [0.15, 0.2) is 34.7 Å². The van der Waals surface area contributed by atoms with Gasteiger partial charge in [0.2, 0.25) is 0 Å². The van der Waals surface area contributed by atoms with Gasteiger partial charge in [0.25, 0.3) is 0 Å². The van der Waals surface area contributed by atoms with E-state index in [1.165, 1.54) is 0 Å². The Hall–Kier alpha value is -0.880. The predicted molar refractivity (Wildman–Crippen MR) is 81.4 cm³/mol. The van der Waals surface area contributed by atoms with Gasteiger partial charge in [-0.15, -0.1) is 0 Å². The van der Waals surface area contributed by atoms with Crippen LogP contribution in [0.4, 0.5) is 5.69 Å². The van der Waals surface area contributed by atoms with E-state index in [1.54, 1.807) is 0 Å². The molecule has 0 fully saturated rings. The minimum absolute atomic E-state index is 0.601. The predicted octanol–water partition coefficient (Wildman–Crippen LogP) is 4.55. The van der Waals surface area contributed by atoms with Gasteiger partial charge in [0, 0.05) is 5.02 Å². The largest absolute Gasteiger partial charge is 0.492 e. The summed E-state index contributed by atoms with van der Waals surface area (Å²) in [6, 6.07) is 9.40. The number of rotatable bonds is 5. The number of benzene rings is 1. The van der Waals surface area contributed by atoms with Crippen molar-refractivity contribution in [3.05, 3.63) is 44.9 Å². The Morgan fingerprint density at radius 1 is 1.33 bits per heavy atom. The van der Waals surface area contributed by atoms with Crippen molar-refractivity contribution in [3.8, 4) is 5.75 Å². The van der Waals surface area contributed by atoms with Gasteiger partial charge >= 0.3 is 0 Å². The van der Waals surface area contributed by atoms with Crippen LogP contribution in [0, 0.1) is 3.77 Å². The van der Waals surface area contributed by atoms with E-state index < -0.39 is 0 Å². The molecule has 1 aromatic carbocycles. The fourth-order valence-corrected chi connectivity index (χ4v) is 2.19. The maximum atomic E-state index is 5.98. The van der Waals surface area contributed by atoms with Crippen molar-refractivity contribution in [2.24, 2.45) is 0 Å². The fraction of sp³-hybridized carbons (Fsp3) is 0.231. The molecule has 0 aliphatic carbocycles. The molecule has 0 spiro atoms. The average Bonchev–Trinajstić information content (AvgIpc) is 2.76. The van der Waals surface area contributed by atoms with Gasteiger partial charge in [0.15, 0.2) is 3.77 Å². The highest BCUT2D eigenvalue weighted by Gasteiger charge is 2.05. The summed E-state index contributed by atoms with van der Waals surface area (Å²) in [7, 11) is 0. The minimum atomic E-state index is 0.601. The molecule has 2 aromatic rings. The molecule has 0 aliphatic rings. The summed E-state index contributed by atoms with van der Waals surface area (Å²) in [5.74, 6) is 1.67. The number of nitrogens with one attached hydrogen (secondary N) is 1. The first-order valence-electron chi connectivity index (χ1n) is 5.59. The lowest BCUT2D eigenvalue weighted by Crippen LogP contribution is -2.02. The molecule has 0 aliphatic heterocycles. The molecule has 0 saturated heterocycles. The van der Waals surface area contributed by atoms with Crippen LogP contribution < -0.4 is 10.1 Å². The van der Waals surface area contributed by atoms with Crippen LogP contribution >= 0.6 is 34.2 Å². The third-order valence-corrected chi connectivity index (χ3v) is 3.14. The molecule has 1 heterocycles. The Morgan fingerprint density at radius 2 is 2.17 bits per heavy atom. The quantitative estimate of drug-likeness (QED) is 0.776. The first-order valence-corrected chi connectivity index (χ1v) is 7.05. The molecule has 0 radical (unpaired) electrons. The number of hydrogen-bond acceptors (Lipinski definition) is 3. The highest BCUT2D eigenvalue weighted by molar-refractivity contribution is 14.1. The van der Waals surface area contributed by atoms with Gasteiger partial charge in [-0.3, -0.25) is 0 Å². The second-order valence-corrected chi connectivity index (χ2v) is 5.13. The van der Waals surface area contributed by atoms with Crippen LogP contribution in [0.2, 0.25) is 5.02 Å². The maximum absolute atomic E-state index is 5.98. The molecule has 5 heteroatoms. The summed E-state index contributed by atoms with van der Waals surface area (Å²) < 4.78 is 11.9. The Kier molecular flexibility index (Phi) is 4.77. The first kappa shape index (κ1) is 13.5. The van der Waals surface area contributed by atoms with Gasteiger partial charge in [-0.25, -0.2) is 0 Å². The Balaban J connectivity index is 2.09. The van der Waals surface area contributed by atoms with Crippen molar-refractivity contribution in [1.82, 2.24) is 0 Å². The monoisotopic (exact) mass is 377 g/mol. The maximum Gasteiger partial charge on any atom is 0.164 e. The van der Waals surface area contributed by atoms with Crippen molar-refractivity contribution < 1.29 is 9.15 Å². The lowest BCUT2D eigenvalue weighted by Gasteiger charge is -2.11. The van der Waals surface area contributed by atoms with Gasteiger partial charge < -0.3 is 14.5 Å². The highest BCUT2D eigenvalue weighted by atomic mass is 127. The molecule has 18 heavy (non-hydrogen) atoms. The molecule has 0 amide bonds. The lowest BCUT2D eigenvalue weighted by atomic mass is 10.3. The number of halogens is 2. The van der Waals surface area contributed by atoms with Gasteiger partial charge in [-0.1, -0.05) is 11.6 Å². The first-order chi connectivity index (χ1) is 8.69. The van der Waals surface area contributed by atoms with E-state index >= 15 is 0 Å². The van der Waals surface area contributed by atoms with Gasteiger partial charge in [-0.2, -0.15) is 0 Å². The normalized spacial score (nSPS) is 10.4. The van der Waals surface area contributed by atoms with Crippen LogP contribution in [0.3, 0.4) is 0 Å². The van der Waals surface area contributed by atoms with E-state index in [-0.39, 0.29) is 0 Å². The third kappa shape index (κ3) is 3.55. The van der Waals surface area contributed by atoms with Crippen molar-refractivity contribution in [1.29, 1.82) is 0 Å². The molecule has 2 rings (SSSR count). The minimum Gasteiger partial charge on any atom is -0.492 e. The average molecular weight is 378 g/mol. The topological polar surface area (TPSA) is 34.4 Å². The molecule has 0 unspecified atom stereocenters. The van der Waals surface area contributed by atoms with Crippen molar-refractivity contribution in [2.75, 3.05) is 11.9 Å². The Bertz CT molecular complexity index is 527. The van der Waals surface area contributed by atoms with E-state index in [2.05, 4.69) is 27.9 Å². The standard InChI is InChI=1S/C13H13ClINO2/c1-2-17-12-5-3-9(14)7-11(12)16-8-10-4-6-13(15)18-10/h3-7,16H,2,8H2,1H3. The summed E-state index contributed by atoms with van der Waals surface area (Å²) >= 11 is 8.12. The third-order valence-electron chi connectivity index (χ3n) is 2.32. The molecular formula is C13H13ClINO2. The molecule has 1 aromatic heterocycles. The van der Waals surface area contributed by atoms with Crippen LogP contribution in [0.25, 0.3) is 0 Å². The molecule has 96 valence electrons. The fourth-order valence-electron chi connectivity index (χ4n) is 1.55. The van der Waals surface area contributed by atoms with Crippen molar-refractivity contribution >= 4 is 39.9 Å². The zero-order valence-corrected chi connectivity index (χ0v) is 12.8. The summed E-state index contributed by atoms with van der Waals surface area (Å²) in [4.78, 5) is 0. The molecule has 0 bridgehead atoms. The Labute approximate surface area is 125 Å². The zero-order valence-electron chi connectivity index (χ0n) is 9.87. The SMILES string of the molecule is CCOc1ccc(Cl)cc1NCc1ccc(I)o1. The highest BCUT2D eigenvalue weighted by Crippen LogP contribution is 2.28. The van der Waals surface area contributed by atoms with E-state index in [0.29, 0.717) is 18.2 Å². The number of furan rings is 1. The van der Waals surface area contributed by atoms with Crippen LogP contribution in [-0.4, -0.2) is 6.61 Å². The van der Waals surface area contributed by atoms with Gasteiger partial charge in [0.1, 0.15) is 11.5 Å². The summed E-state index contributed by atoms with van der Waals surface area (Å²) in [5.41, 5.74) is 0.871. The van der Waals surface area contributed by atoms with Crippen molar-refractivity contribution in [2.45, 2.75) is 13.5 Å². The molecule has 0 atom stereocenters. The second-order valence-electron chi connectivity index (χ2n) is 3.63. The molecule has 0 saturated carbocycles. The van der Waals surface area contributed by atoms with Crippen molar-refractivity contribution in [3.63, 3.8) is 0 Å². The Morgan fingerprint density at radius 3 is 2.83 bits per heavy atom. The molecule has 3 nitrogen and oxygen atoms in total. The summed E-state index contributed by atoms with van der Waals surface area (Å²) in [5, 5.41) is 3.94. The zero-order chi connectivity index (χ0) is 13.0. The van der Waals surface area contributed by atoms with Crippen LogP contribution in [0.1, 0.15) is 12.7 Å². The van der Waals surface area contributed by atoms with Crippen LogP contribution in [-0.2, 0) is 6.54 Å². The van der Waals surface area contributed by atoms with Crippen LogP contribution in [0.5, 0.6) is 5.75 Å². The number of hydrogen-bond donors (Lipinski definition) is 1. The molecule has 1 N–H and O–H groups in total. The van der Waals surface area contributed by atoms with E-state index in [0.717, 1.165) is 21.0 Å². The number of ether oxygens (including phenoxy) is 1. The lowest BCUT2D eigenvalue weighted by molar-refractivity contribution is 0.341. The second kappa shape index (κ2) is 6.33. The number of anilines is 1. The summed E-state index contributed by atoms with van der Waals surface area (Å²) in [6.45, 7) is 3.17. The van der Waals surface area contributed by atoms with E-state index in [1.807, 2.05) is 37.3 Å². The van der Waals surface area contributed by atoms with Gasteiger partial charge in [0.05, 0.1) is 18.8 Å². The smallest absolute Gasteiger partial charge is 0.164 e.